The average Bonchev–Trinajstić information content (AvgIpc) is 2.51. The molecule has 0 saturated carbocycles. The van der Waals surface area contributed by atoms with Crippen LogP contribution in [-0.4, -0.2) is 18.6 Å². The Morgan fingerprint density at radius 3 is 2.39 bits per heavy atom. The Kier molecular flexibility index (Phi) is 5.76. The van der Waals surface area contributed by atoms with Gasteiger partial charge in [0.15, 0.2) is 6.10 Å². The number of amides is 1. The van der Waals surface area contributed by atoms with Crippen molar-refractivity contribution in [3.8, 4) is 11.5 Å². The van der Waals surface area contributed by atoms with Gasteiger partial charge >= 0.3 is 6.61 Å². The zero-order chi connectivity index (χ0) is 16.8. The average molecular weight is 342 g/mol. The maximum Gasteiger partial charge on any atom is 0.387 e. The van der Waals surface area contributed by atoms with E-state index in [1.807, 2.05) is 0 Å². The number of ether oxygens (including phenoxy) is 2. The molecule has 2 aromatic rings. The topological polar surface area (TPSA) is 47.6 Å². The van der Waals surface area contributed by atoms with Crippen molar-refractivity contribution in [3.63, 3.8) is 0 Å². The van der Waals surface area contributed by atoms with Crippen molar-refractivity contribution < 1.29 is 23.0 Å². The number of para-hydroxylation sites is 2. The molecule has 0 fully saturated rings. The van der Waals surface area contributed by atoms with Gasteiger partial charge in [-0.2, -0.15) is 8.78 Å². The van der Waals surface area contributed by atoms with Crippen molar-refractivity contribution in [1.82, 2.24) is 0 Å². The van der Waals surface area contributed by atoms with Gasteiger partial charge in [-0.05, 0) is 43.3 Å². The second-order valence-corrected chi connectivity index (χ2v) is 5.01. The molecule has 1 N–H and O–H groups in total. The lowest BCUT2D eigenvalue weighted by Gasteiger charge is -2.16. The molecule has 2 rings (SSSR count). The summed E-state index contributed by atoms with van der Waals surface area (Å²) in [7, 11) is 0. The molecule has 23 heavy (non-hydrogen) atoms. The molecular weight excluding hydrogens is 328 g/mol. The van der Waals surface area contributed by atoms with Crippen molar-refractivity contribution in [1.29, 1.82) is 0 Å². The van der Waals surface area contributed by atoms with Crippen molar-refractivity contribution in [2.24, 2.45) is 0 Å². The first kappa shape index (κ1) is 17.0. The summed E-state index contributed by atoms with van der Waals surface area (Å²) in [6, 6.07) is 12.4. The lowest BCUT2D eigenvalue weighted by Crippen LogP contribution is -2.30. The van der Waals surface area contributed by atoms with E-state index in [0.717, 1.165) is 0 Å². The van der Waals surface area contributed by atoms with Gasteiger partial charge in [0.2, 0.25) is 0 Å². The monoisotopic (exact) mass is 341 g/mol. The number of rotatable bonds is 6. The lowest BCUT2D eigenvalue weighted by atomic mass is 10.2. The van der Waals surface area contributed by atoms with Crippen LogP contribution in [0.1, 0.15) is 6.92 Å². The minimum Gasteiger partial charge on any atom is -0.481 e. The first-order chi connectivity index (χ1) is 11.0. The summed E-state index contributed by atoms with van der Waals surface area (Å²) in [4.78, 5) is 12.1. The van der Waals surface area contributed by atoms with Crippen LogP contribution in [0.5, 0.6) is 11.5 Å². The van der Waals surface area contributed by atoms with Crippen LogP contribution >= 0.6 is 11.6 Å². The minimum absolute atomic E-state index is 0.116. The molecule has 1 atom stereocenters. The summed E-state index contributed by atoms with van der Waals surface area (Å²) in [5.41, 5.74) is 0.143. The van der Waals surface area contributed by atoms with Crippen molar-refractivity contribution in [2.45, 2.75) is 19.6 Å². The van der Waals surface area contributed by atoms with Crippen LogP contribution in [0.15, 0.2) is 48.5 Å². The van der Waals surface area contributed by atoms with Gasteiger partial charge in [0, 0.05) is 5.02 Å². The number of hydrogen-bond acceptors (Lipinski definition) is 3. The Labute approximate surface area is 137 Å². The molecule has 0 radical (unpaired) electrons. The van der Waals surface area contributed by atoms with Crippen LogP contribution in [0.2, 0.25) is 5.02 Å². The number of benzene rings is 2. The molecule has 1 amide bonds. The molecule has 7 heteroatoms. The fourth-order valence-electron chi connectivity index (χ4n) is 1.77. The number of halogens is 3. The standard InChI is InChI=1S/C16H14ClF2NO3/c1-10(22-12-8-6-11(17)7-9-12)15(21)20-13-4-2-3-5-14(13)23-16(18)19/h2-10,16H,1H3,(H,20,21). The number of carbonyl (C=O) groups is 1. The van der Waals surface area contributed by atoms with Gasteiger partial charge in [0.25, 0.3) is 5.91 Å². The zero-order valence-electron chi connectivity index (χ0n) is 12.1. The van der Waals surface area contributed by atoms with E-state index in [0.29, 0.717) is 10.8 Å². The van der Waals surface area contributed by atoms with E-state index < -0.39 is 18.6 Å². The Bertz CT molecular complexity index is 665. The first-order valence-corrected chi connectivity index (χ1v) is 7.10. The van der Waals surface area contributed by atoms with Crippen LogP contribution in [0.3, 0.4) is 0 Å². The molecule has 0 aliphatic rings. The highest BCUT2D eigenvalue weighted by Crippen LogP contribution is 2.26. The molecule has 0 heterocycles. The van der Waals surface area contributed by atoms with Crippen LogP contribution in [0.4, 0.5) is 14.5 Å². The van der Waals surface area contributed by atoms with Crippen LogP contribution in [-0.2, 0) is 4.79 Å². The summed E-state index contributed by atoms with van der Waals surface area (Å²) in [5, 5.41) is 3.05. The number of carbonyl (C=O) groups excluding carboxylic acids is 1. The van der Waals surface area contributed by atoms with E-state index in [1.54, 1.807) is 37.3 Å². The quantitative estimate of drug-likeness (QED) is 0.849. The minimum atomic E-state index is -2.98. The lowest BCUT2D eigenvalue weighted by molar-refractivity contribution is -0.122. The molecule has 4 nitrogen and oxygen atoms in total. The highest BCUT2D eigenvalue weighted by Gasteiger charge is 2.17. The second-order valence-electron chi connectivity index (χ2n) is 4.58. The molecule has 1 unspecified atom stereocenters. The third-order valence-electron chi connectivity index (χ3n) is 2.86. The Balaban J connectivity index is 2.02. The van der Waals surface area contributed by atoms with Gasteiger partial charge < -0.3 is 14.8 Å². The van der Waals surface area contributed by atoms with E-state index >= 15 is 0 Å². The predicted octanol–water partition coefficient (Wildman–Crippen LogP) is 4.35. The molecule has 0 spiro atoms. The van der Waals surface area contributed by atoms with E-state index in [-0.39, 0.29) is 11.4 Å². The van der Waals surface area contributed by atoms with Gasteiger partial charge in [0.1, 0.15) is 11.5 Å². The third-order valence-corrected chi connectivity index (χ3v) is 3.11. The molecule has 0 saturated heterocycles. The van der Waals surface area contributed by atoms with Gasteiger partial charge in [-0.15, -0.1) is 0 Å². The summed E-state index contributed by atoms with van der Waals surface area (Å²) in [5.74, 6) is -0.144. The van der Waals surface area contributed by atoms with Crippen molar-refractivity contribution in [3.05, 3.63) is 53.6 Å². The molecular formula is C16H14ClF2NO3. The molecule has 0 aromatic heterocycles. The normalized spacial score (nSPS) is 11.9. The smallest absolute Gasteiger partial charge is 0.387 e. The Hall–Kier alpha value is -2.34. The maximum absolute atomic E-state index is 12.3. The molecule has 122 valence electrons. The van der Waals surface area contributed by atoms with Crippen LogP contribution in [0, 0.1) is 0 Å². The maximum atomic E-state index is 12.3. The number of hydrogen-bond donors (Lipinski definition) is 1. The molecule has 2 aromatic carbocycles. The first-order valence-electron chi connectivity index (χ1n) is 6.72. The fraction of sp³-hybridized carbons (Fsp3) is 0.188. The Morgan fingerprint density at radius 1 is 1.09 bits per heavy atom. The number of alkyl halides is 2. The molecule has 0 aliphatic carbocycles. The van der Waals surface area contributed by atoms with Crippen LogP contribution < -0.4 is 14.8 Å². The fourth-order valence-corrected chi connectivity index (χ4v) is 1.90. The van der Waals surface area contributed by atoms with Gasteiger partial charge in [-0.25, -0.2) is 0 Å². The highest BCUT2D eigenvalue weighted by molar-refractivity contribution is 6.30. The summed E-state index contributed by atoms with van der Waals surface area (Å²) in [6.07, 6.45) is -0.837. The van der Waals surface area contributed by atoms with Crippen molar-refractivity contribution >= 4 is 23.2 Å². The molecule has 0 aliphatic heterocycles. The van der Waals surface area contributed by atoms with Gasteiger partial charge in [0.05, 0.1) is 5.69 Å². The summed E-state index contributed by atoms with van der Waals surface area (Å²) >= 11 is 5.77. The second kappa shape index (κ2) is 7.78. The van der Waals surface area contributed by atoms with E-state index in [1.165, 1.54) is 18.2 Å². The zero-order valence-corrected chi connectivity index (χ0v) is 12.9. The SMILES string of the molecule is CC(Oc1ccc(Cl)cc1)C(=O)Nc1ccccc1OC(F)F. The summed E-state index contributed by atoms with van der Waals surface area (Å²) in [6.45, 7) is -1.43. The van der Waals surface area contributed by atoms with Crippen molar-refractivity contribution in [2.75, 3.05) is 5.32 Å². The highest BCUT2D eigenvalue weighted by atomic mass is 35.5. The number of anilines is 1. The van der Waals surface area contributed by atoms with E-state index in [4.69, 9.17) is 16.3 Å². The predicted molar refractivity (Wildman–Crippen MR) is 83.2 cm³/mol. The van der Waals surface area contributed by atoms with Gasteiger partial charge in [-0.1, -0.05) is 23.7 Å². The van der Waals surface area contributed by atoms with E-state index in [9.17, 15) is 13.6 Å². The third kappa shape index (κ3) is 5.10. The van der Waals surface area contributed by atoms with E-state index in [2.05, 4.69) is 10.1 Å². The largest absolute Gasteiger partial charge is 0.481 e. The van der Waals surface area contributed by atoms with Gasteiger partial charge in [-0.3, -0.25) is 4.79 Å². The molecule has 0 bridgehead atoms. The van der Waals surface area contributed by atoms with Crippen LogP contribution in [0.25, 0.3) is 0 Å². The number of nitrogens with one attached hydrogen (secondary N) is 1. The Morgan fingerprint density at radius 2 is 1.74 bits per heavy atom. The summed E-state index contributed by atoms with van der Waals surface area (Å²) < 4.78 is 34.5.